The molecule has 0 saturated heterocycles. The smallest absolute Gasteiger partial charge is 0.335 e. The second kappa shape index (κ2) is 8.48. The third-order valence-electron chi connectivity index (χ3n) is 3.07. The molecule has 0 aliphatic carbocycles. The van der Waals surface area contributed by atoms with Crippen molar-refractivity contribution in [3.05, 3.63) is 59.9 Å². The van der Waals surface area contributed by atoms with Gasteiger partial charge >= 0.3 is 5.97 Å². The first kappa shape index (κ1) is 15.6. The summed E-state index contributed by atoms with van der Waals surface area (Å²) in [6, 6.07) is 12.5. The average molecular weight is 294 g/mol. The van der Waals surface area contributed by atoms with E-state index in [1.165, 1.54) is 0 Å². The summed E-state index contributed by atoms with van der Waals surface area (Å²) >= 11 is 0. The highest BCUT2D eigenvalue weighted by Crippen LogP contribution is 2.09. The fourth-order valence-corrected chi connectivity index (χ4v) is 1.89. The number of carboxylic acid groups (broad SMARTS) is 1. The Balaban J connectivity index is 1.63. The van der Waals surface area contributed by atoms with Crippen LogP contribution in [0.15, 0.2) is 48.7 Å². The number of anilines is 1. The Morgan fingerprint density at radius 1 is 1.14 bits per heavy atom. The van der Waals surface area contributed by atoms with E-state index >= 15 is 0 Å². The van der Waals surface area contributed by atoms with Gasteiger partial charge in [0.15, 0.2) is 0 Å². The van der Waals surface area contributed by atoms with Crippen molar-refractivity contribution in [2.45, 2.75) is 19.3 Å². The van der Waals surface area contributed by atoms with E-state index in [1.807, 2.05) is 18.2 Å². The summed E-state index contributed by atoms with van der Waals surface area (Å²) in [6.45, 7) is 0.845. The first-order chi connectivity index (χ1) is 10.8. The van der Waals surface area contributed by atoms with Crippen molar-refractivity contribution in [1.82, 2.24) is 4.98 Å². The molecule has 1 aromatic heterocycles. The number of benzene rings is 1. The molecule has 112 valence electrons. The minimum Gasteiger partial charge on any atom is -0.478 e. The maximum Gasteiger partial charge on any atom is 0.335 e. The number of carboxylic acids is 1. The molecule has 0 bridgehead atoms. The van der Waals surface area contributed by atoms with Crippen LogP contribution in [-0.4, -0.2) is 22.6 Å². The molecule has 4 nitrogen and oxygen atoms in total. The summed E-state index contributed by atoms with van der Waals surface area (Å²) in [5.74, 6) is 5.24. The van der Waals surface area contributed by atoms with Crippen LogP contribution in [0.25, 0.3) is 0 Å². The van der Waals surface area contributed by atoms with Crippen LogP contribution in [0.4, 0.5) is 5.69 Å². The molecule has 2 N–H and O–H groups in total. The van der Waals surface area contributed by atoms with Crippen molar-refractivity contribution in [3.63, 3.8) is 0 Å². The molecule has 0 fully saturated rings. The summed E-state index contributed by atoms with van der Waals surface area (Å²) in [7, 11) is 0. The van der Waals surface area contributed by atoms with Gasteiger partial charge in [0, 0.05) is 24.8 Å². The minimum atomic E-state index is -0.905. The van der Waals surface area contributed by atoms with Gasteiger partial charge in [-0.1, -0.05) is 12.0 Å². The van der Waals surface area contributed by atoms with E-state index in [2.05, 4.69) is 22.1 Å². The van der Waals surface area contributed by atoms with Crippen LogP contribution in [0.5, 0.6) is 0 Å². The first-order valence-corrected chi connectivity index (χ1v) is 7.23. The Hall–Kier alpha value is -2.80. The van der Waals surface area contributed by atoms with E-state index in [4.69, 9.17) is 5.11 Å². The van der Waals surface area contributed by atoms with E-state index in [9.17, 15) is 4.79 Å². The van der Waals surface area contributed by atoms with Gasteiger partial charge in [-0.05, 0) is 55.2 Å². The van der Waals surface area contributed by atoms with Gasteiger partial charge in [0.05, 0.1) is 5.56 Å². The normalized spacial score (nSPS) is 9.64. The third kappa shape index (κ3) is 5.29. The molecule has 1 heterocycles. The van der Waals surface area contributed by atoms with Gasteiger partial charge in [-0.2, -0.15) is 0 Å². The molecule has 2 rings (SSSR count). The molecule has 1 aromatic carbocycles. The zero-order valence-corrected chi connectivity index (χ0v) is 12.2. The Morgan fingerprint density at radius 3 is 2.64 bits per heavy atom. The zero-order valence-electron chi connectivity index (χ0n) is 12.2. The van der Waals surface area contributed by atoms with E-state index in [0.29, 0.717) is 5.56 Å². The largest absolute Gasteiger partial charge is 0.478 e. The fourth-order valence-electron chi connectivity index (χ4n) is 1.89. The number of rotatable bonds is 6. The van der Waals surface area contributed by atoms with Gasteiger partial charge in [0.2, 0.25) is 0 Å². The van der Waals surface area contributed by atoms with Crippen molar-refractivity contribution in [1.29, 1.82) is 0 Å². The standard InChI is InChI=1S/C18H18N2O2/c21-18(22)15-9-11-17(12-10-15)20-13-5-2-1-3-7-16-8-4-6-14-19-16/h4,6,8-12,14,20H,1-2,5,13H2,(H,21,22). The van der Waals surface area contributed by atoms with E-state index < -0.39 is 5.97 Å². The lowest BCUT2D eigenvalue weighted by molar-refractivity contribution is 0.0697. The van der Waals surface area contributed by atoms with Crippen LogP contribution < -0.4 is 5.32 Å². The number of aromatic nitrogens is 1. The highest BCUT2D eigenvalue weighted by Gasteiger charge is 2.00. The molecule has 0 radical (unpaired) electrons. The van der Waals surface area contributed by atoms with Gasteiger partial charge in [-0.3, -0.25) is 0 Å². The van der Waals surface area contributed by atoms with Crippen molar-refractivity contribution in [2.24, 2.45) is 0 Å². The topological polar surface area (TPSA) is 62.2 Å². The van der Waals surface area contributed by atoms with Crippen molar-refractivity contribution < 1.29 is 9.90 Å². The van der Waals surface area contributed by atoms with Gasteiger partial charge in [0.1, 0.15) is 5.69 Å². The SMILES string of the molecule is O=C(O)c1ccc(NCCCCC#Cc2ccccn2)cc1. The fraction of sp³-hybridized carbons (Fsp3) is 0.222. The average Bonchev–Trinajstić information content (AvgIpc) is 2.55. The lowest BCUT2D eigenvalue weighted by Gasteiger charge is -2.05. The van der Waals surface area contributed by atoms with Crippen molar-refractivity contribution in [3.8, 4) is 11.8 Å². The van der Waals surface area contributed by atoms with E-state index in [-0.39, 0.29) is 0 Å². The molecule has 0 saturated carbocycles. The Bertz CT molecular complexity index is 655. The monoisotopic (exact) mass is 294 g/mol. The molecule has 4 heteroatoms. The number of pyridine rings is 1. The molecule has 0 atom stereocenters. The van der Waals surface area contributed by atoms with E-state index in [1.54, 1.807) is 30.5 Å². The lowest BCUT2D eigenvalue weighted by Crippen LogP contribution is -2.02. The molecular formula is C18H18N2O2. The molecule has 0 aliphatic heterocycles. The van der Waals surface area contributed by atoms with Gasteiger partial charge in [0.25, 0.3) is 0 Å². The molecule has 0 aliphatic rings. The second-order valence-corrected chi connectivity index (χ2v) is 4.78. The maximum absolute atomic E-state index is 10.7. The van der Waals surface area contributed by atoms with Gasteiger partial charge < -0.3 is 10.4 Å². The number of carbonyl (C=O) groups is 1. The summed E-state index contributed by atoms with van der Waals surface area (Å²) in [5, 5.41) is 12.1. The predicted octanol–water partition coefficient (Wildman–Crippen LogP) is 3.41. The van der Waals surface area contributed by atoms with Gasteiger partial charge in [-0.25, -0.2) is 9.78 Å². The summed E-state index contributed by atoms with van der Waals surface area (Å²) in [5.41, 5.74) is 2.04. The molecule has 0 unspecified atom stereocenters. The number of aromatic carboxylic acids is 1. The minimum absolute atomic E-state index is 0.301. The van der Waals surface area contributed by atoms with Crippen LogP contribution in [0.2, 0.25) is 0 Å². The lowest BCUT2D eigenvalue weighted by atomic mass is 10.2. The summed E-state index contributed by atoms with van der Waals surface area (Å²) in [6.07, 6.45) is 4.61. The molecular weight excluding hydrogens is 276 g/mol. The van der Waals surface area contributed by atoms with Crippen LogP contribution in [0.1, 0.15) is 35.3 Å². The third-order valence-corrected chi connectivity index (χ3v) is 3.07. The maximum atomic E-state index is 10.7. The molecule has 2 aromatic rings. The molecule has 22 heavy (non-hydrogen) atoms. The number of unbranched alkanes of at least 4 members (excludes halogenated alkanes) is 2. The quantitative estimate of drug-likeness (QED) is 0.633. The Labute approximate surface area is 130 Å². The van der Waals surface area contributed by atoms with Crippen molar-refractivity contribution >= 4 is 11.7 Å². The Morgan fingerprint density at radius 2 is 1.95 bits per heavy atom. The highest BCUT2D eigenvalue weighted by atomic mass is 16.4. The zero-order chi connectivity index (χ0) is 15.6. The summed E-state index contributed by atoms with van der Waals surface area (Å²) in [4.78, 5) is 14.9. The van der Waals surface area contributed by atoms with Crippen LogP contribution in [0, 0.1) is 11.8 Å². The summed E-state index contributed by atoms with van der Waals surface area (Å²) < 4.78 is 0. The molecule has 0 spiro atoms. The van der Waals surface area contributed by atoms with Crippen LogP contribution in [0.3, 0.4) is 0 Å². The van der Waals surface area contributed by atoms with Crippen molar-refractivity contribution in [2.75, 3.05) is 11.9 Å². The van der Waals surface area contributed by atoms with Crippen LogP contribution >= 0.6 is 0 Å². The van der Waals surface area contributed by atoms with Crippen LogP contribution in [-0.2, 0) is 0 Å². The Kier molecular flexibility index (Phi) is 6.01. The highest BCUT2D eigenvalue weighted by molar-refractivity contribution is 5.87. The second-order valence-electron chi connectivity index (χ2n) is 4.78. The number of nitrogens with zero attached hydrogens (tertiary/aromatic N) is 1. The van der Waals surface area contributed by atoms with Gasteiger partial charge in [-0.15, -0.1) is 0 Å². The first-order valence-electron chi connectivity index (χ1n) is 7.23. The number of hydrogen-bond donors (Lipinski definition) is 2. The number of nitrogens with one attached hydrogen (secondary N) is 1. The molecule has 0 amide bonds. The predicted molar refractivity (Wildman–Crippen MR) is 86.9 cm³/mol. The van der Waals surface area contributed by atoms with E-state index in [0.717, 1.165) is 37.2 Å². The number of hydrogen-bond acceptors (Lipinski definition) is 3.